The molecular weight excluding hydrogens is 218 g/mol. The average molecular weight is 228 g/mol. The molecule has 0 amide bonds. The minimum Gasteiger partial charge on any atom is -0.375 e. The largest absolute Gasteiger partial charge is 0.375 e. The van der Waals surface area contributed by atoms with Crippen LogP contribution in [0.3, 0.4) is 0 Å². The van der Waals surface area contributed by atoms with Crippen LogP contribution < -0.4 is 11.1 Å². The summed E-state index contributed by atoms with van der Waals surface area (Å²) in [6.45, 7) is 0. The number of nitro groups is 1. The zero-order valence-corrected chi connectivity index (χ0v) is 8.57. The van der Waals surface area contributed by atoms with E-state index >= 15 is 0 Å². The third-order valence-electron chi connectivity index (χ3n) is 2.34. The molecule has 1 aliphatic rings. The van der Waals surface area contributed by atoms with Gasteiger partial charge in [-0.25, -0.2) is 0 Å². The van der Waals surface area contributed by atoms with Crippen molar-refractivity contribution < 1.29 is 4.92 Å². The van der Waals surface area contributed by atoms with Gasteiger partial charge < -0.3 is 11.1 Å². The highest BCUT2D eigenvalue weighted by molar-refractivity contribution is 6.31. The molecular formula is C9H10ClN3O2. The van der Waals surface area contributed by atoms with Crippen LogP contribution in [0, 0.1) is 10.1 Å². The monoisotopic (exact) mass is 227 g/mol. The predicted molar refractivity (Wildman–Crippen MR) is 58.1 cm³/mol. The van der Waals surface area contributed by atoms with Crippen molar-refractivity contribution in [2.45, 2.75) is 18.5 Å². The SMILES string of the molecule is NC1CC1Nc1cc(Cl)ccc1[N+](=O)[O-]. The van der Waals surface area contributed by atoms with Crippen LogP contribution in [0.5, 0.6) is 0 Å². The first-order chi connectivity index (χ1) is 7.08. The number of halogens is 1. The van der Waals surface area contributed by atoms with Gasteiger partial charge in [0.25, 0.3) is 5.69 Å². The topological polar surface area (TPSA) is 81.2 Å². The van der Waals surface area contributed by atoms with Gasteiger partial charge in [0.05, 0.1) is 4.92 Å². The predicted octanol–water partition coefficient (Wildman–Crippen LogP) is 1.76. The molecule has 1 aliphatic carbocycles. The van der Waals surface area contributed by atoms with Gasteiger partial charge in [-0.15, -0.1) is 0 Å². The Labute approximate surface area is 91.4 Å². The van der Waals surface area contributed by atoms with Crippen molar-refractivity contribution in [1.82, 2.24) is 0 Å². The lowest BCUT2D eigenvalue weighted by Crippen LogP contribution is -2.14. The molecule has 1 saturated carbocycles. The van der Waals surface area contributed by atoms with Crippen molar-refractivity contribution >= 4 is 23.0 Å². The van der Waals surface area contributed by atoms with Gasteiger partial charge in [-0.05, 0) is 18.6 Å². The molecule has 2 atom stereocenters. The number of hydrogen-bond acceptors (Lipinski definition) is 4. The van der Waals surface area contributed by atoms with Crippen LogP contribution in [-0.2, 0) is 0 Å². The van der Waals surface area contributed by atoms with Crippen molar-refractivity contribution in [2.75, 3.05) is 5.32 Å². The number of hydrogen-bond donors (Lipinski definition) is 2. The van der Waals surface area contributed by atoms with Gasteiger partial charge in [-0.3, -0.25) is 10.1 Å². The minimum atomic E-state index is -0.438. The van der Waals surface area contributed by atoms with E-state index in [2.05, 4.69) is 5.32 Å². The highest BCUT2D eigenvalue weighted by atomic mass is 35.5. The molecule has 0 bridgehead atoms. The number of nitrogens with zero attached hydrogens (tertiary/aromatic N) is 1. The molecule has 0 aromatic heterocycles. The summed E-state index contributed by atoms with van der Waals surface area (Å²) < 4.78 is 0. The number of nitrogens with two attached hydrogens (primary N) is 1. The van der Waals surface area contributed by atoms with E-state index in [9.17, 15) is 10.1 Å². The standard InChI is InChI=1S/C9H10ClN3O2/c10-5-1-2-9(13(14)15)8(3-5)12-7-4-6(7)11/h1-3,6-7,12H,4,11H2. The second-order valence-electron chi connectivity index (χ2n) is 3.57. The summed E-state index contributed by atoms with van der Waals surface area (Å²) in [6.07, 6.45) is 0.837. The molecule has 80 valence electrons. The van der Waals surface area contributed by atoms with Crippen molar-refractivity contribution in [3.63, 3.8) is 0 Å². The third kappa shape index (κ3) is 2.19. The highest BCUT2D eigenvalue weighted by Gasteiger charge is 2.34. The van der Waals surface area contributed by atoms with Gasteiger partial charge in [-0.1, -0.05) is 11.6 Å². The maximum Gasteiger partial charge on any atom is 0.292 e. The third-order valence-corrected chi connectivity index (χ3v) is 2.57. The van der Waals surface area contributed by atoms with Crippen LogP contribution in [0.4, 0.5) is 11.4 Å². The molecule has 0 saturated heterocycles. The fourth-order valence-corrected chi connectivity index (χ4v) is 1.54. The van der Waals surface area contributed by atoms with Gasteiger partial charge in [0.2, 0.25) is 0 Å². The van der Waals surface area contributed by atoms with E-state index in [0.29, 0.717) is 10.7 Å². The first-order valence-corrected chi connectivity index (χ1v) is 4.92. The number of nitro benzene ring substituents is 1. The second kappa shape index (κ2) is 3.67. The number of benzene rings is 1. The maximum absolute atomic E-state index is 10.7. The second-order valence-corrected chi connectivity index (χ2v) is 4.01. The van der Waals surface area contributed by atoms with Crippen LogP contribution in [0.15, 0.2) is 18.2 Å². The van der Waals surface area contributed by atoms with Gasteiger partial charge in [0.15, 0.2) is 0 Å². The summed E-state index contributed by atoms with van der Waals surface area (Å²) in [5.41, 5.74) is 6.08. The molecule has 1 aromatic carbocycles. The van der Waals surface area contributed by atoms with E-state index in [1.807, 2.05) is 0 Å². The van der Waals surface area contributed by atoms with Gasteiger partial charge in [0.1, 0.15) is 5.69 Å². The molecule has 2 unspecified atom stereocenters. The van der Waals surface area contributed by atoms with Crippen LogP contribution in [-0.4, -0.2) is 17.0 Å². The number of rotatable bonds is 3. The fourth-order valence-electron chi connectivity index (χ4n) is 1.36. The van der Waals surface area contributed by atoms with E-state index in [1.165, 1.54) is 12.1 Å². The number of nitrogens with one attached hydrogen (secondary N) is 1. The number of anilines is 1. The molecule has 3 N–H and O–H groups in total. The Kier molecular flexibility index (Phi) is 2.50. The lowest BCUT2D eigenvalue weighted by atomic mass is 10.2. The van der Waals surface area contributed by atoms with Crippen molar-refractivity contribution in [2.24, 2.45) is 5.73 Å². The Morgan fingerprint density at radius 2 is 2.27 bits per heavy atom. The Bertz CT molecular complexity index is 410. The highest BCUT2D eigenvalue weighted by Crippen LogP contribution is 2.32. The van der Waals surface area contributed by atoms with Crippen molar-refractivity contribution in [3.05, 3.63) is 33.3 Å². The summed E-state index contributed by atoms with van der Waals surface area (Å²) in [5, 5.41) is 14.2. The fraction of sp³-hybridized carbons (Fsp3) is 0.333. The van der Waals surface area contributed by atoms with Crippen molar-refractivity contribution in [1.29, 1.82) is 0 Å². The summed E-state index contributed by atoms with van der Waals surface area (Å²) in [7, 11) is 0. The van der Waals surface area contributed by atoms with Gasteiger partial charge >= 0.3 is 0 Å². The Hall–Kier alpha value is -1.33. The molecule has 6 heteroatoms. The lowest BCUT2D eigenvalue weighted by Gasteiger charge is -2.05. The molecule has 0 aliphatic heterocycles. The average Bonchev–Trinajstić information content (AvgIpc) is 2.81. The van der Waals surface area contributed by atoms with E-state index in [-0.39, 0.29) is 17.8 Å². The summed E-state index contributed by atoms with van der Waals surface area (Å²) in [4.78, 5) is 10.3. The van der Waals surface area contributed by atoms with E-state index in [1.54, 1.807) is 6.07 Å². The van der Waals surface area contributed by atoms with Crippen molar-refractivity contribution in [3.8, 4) is 0 Å². The normalized spacial score (nSPS) is 23.6. The molecule has 0 heterocycles. The maximum atomic E-state index is 10.7. The molecule has 15 heavy (non-hydrogen) atoms. The minimum absolute atomic E-state index is 0.0264. The molecule has 0 spiro atoms. The summed E-state index contributed by atoms with van der Waals surface area (Å²) in [6, 6.07) is 4.65. The van der Waals surface area contributed by atoms with Gasteiger partial charge in [-0.2, -0.15) is 0 Å². The zero-order chi connectivity index (χ0) is 11.0. The summed E-state index contributed by atoms with van der Waals surface area (Å²) in [5.74, 6) is 0. The van der Waals surface area contributed by atoms with Gasteiger partial charge in [0, 0.05) is 23.2 Å². The quantitative estimate of drug-likeness (QED) is 0.609. The summed E-state index contributed by atoms with van der Waals surface area (Å²) >= 11 is 5.77. The van der Waals surface area contributed by atoms with Crippen LogP contribution in [0.25, 0.3) is 0 Å². The Morgan fingerprint density at radius 3 is 2.80 bits per heavy atom. The van der Waals surface area contributed by atoms with Crippen LogP contribution >= 0.6 is 11.6 Å². The van der Waals surface area contributed by atoms with E-state index in [4.69, 9.17) is 17.3 Å². The first kappa shape index (κ1) is 10.2. The zero-order valence-electron chi connectivity index (χ0n) is 7.81. The Morgan fingerprint density at radius 1 is 1.60 bits per heavy atom. The molecule has 2 rings (SSSR count). The molecule has 0 radical (unpaired) electrons. The van der Waals surface area contributed by atoms with E-state index in [0.717, 1.165) is 6.42 Å². The van der Waals surface area contributed by atoms with E-state index < -0.39 is 4.92 Å². The smallest absolute Gasteiger partial charge is 0.292 e. The molecule has 1 fully saturated rings. The van der Waals surface area contributed by atoms with Crippen LogP contribution in [0.1, 0.15) is 6.42 Å². The molecule has 5 nitrogen and oxygen atoms in total. The Balaban J connectivity index is 2.26. The lowest BCUT2D eigenvalue weighted by molar-refractivity contribution is -0.384. The molecule has 1 aromatic rings. The first-order valence-electron chi connectivity index (χ1n) is 4.54. The van der Waals surface area contributed by atoms with Crippen LogP contribution in [0.2, 0.25) is 5.02 Å².